The van der Waals surface area contributed by atoms with Crippen molar-refractivity contribution in [2.45, 2.75) is 19.8 Å². The summed E-state index contributed by atoms with van der Waals surface area (Å²) in [6.45, 7) is 2.17. The van der Waals surface area contributed by atoms with Gasteiger partial charge in [0, 0.05) is 0 Å². The largest absolute Gasteiger partial charge is 0.440 e. The molecule has 0 fully saturated rings. The van der Waals surface area contributed by atoms with Crippen LogP contribution in [0.4, 0.5) is 0 Å². The normalized spacial score (nSPS) is 9.86. The van der Waals surface area contributed by atoms with E-state index in [4.69, 9.17) is 17.0 Å². The molecule has 0 aliphatic carbocycles. The van der Waals surface area contributed by atoms with E-state index in [2.05, 4.69) is 19.1 Å². The zero-order chi connectivity index (χ0) is 10.4. The van der Waals surface area contributed by atoms with E-state index in [1.807, 2.05) is 18.4 Å². The number of rotatable bonds is 3. The maximum atomic E-state index is 5.39. The lowest BCUT2D eigenvalue weighted by Crippen LogP contribution is -1.98. The van der Waals surface area contributed by atoms with E-state index in [1.54, 1.807) is 0 Å². The first-order valence-corrected chi connectivity index (χ1v) is 6.24. The van der Waals surface area contributed by atoms with Crippen molar-refractivity contribution in [3.8, 4) is 5.75 Å². The number of thioether (sulfide) groups is 1. The number of thiocarbonyl (C=S) groups is 1. The van der Waals surface area contributed by atoms with Gasteiger partial charge in [-0.2, -0.15) is 0 Å². The molecule has 0 saturated heterocycles. The zero-order valence-electron chi connectivity index (χ0n) is 8.45. The molecule has 0 heterocycles. The van der Waals surface area contributed by atoms with Gasteiger partial charge in [-0.25, -0.2) is 0 Å². The molecule has 1 aromatic carbocycles. The Balaban J connectivity index is 2.59. The quantitative estimate of drug-likeness (QED) is 0.728. The second kappa shape index (κ2) is 6.04. The third-order valence-electron chi connectivity index (χ3n) is 1.83. The molecular weight excluding hydrogens is 212 g/mol. The second-order valence-corrected chi connectivity index (χ2v) is 4.36. The highest BCUT2D eigenvalue weighted by Crippen LogP contribution is 2.15. The molecule has 0 bridgehead atoms. The van der Waals surface area contributed by atoms with E-state index in [0.29, 0.717) is 4.38 Å². The summed E-state index contributed by atoms with van der Waals surface area (Å²) >= 11 is 6.41. The predicted molar refractivity (Wildman–Crippen MR) is 67.2 cm³/mol. The molecule has 0 amide bonds. The Morgan fingerprint density at radius 2 is 2.00 bits per heavy atom. The minimum Gasteiger partial charge on any atom is -0.440 e. The van der Waals surface area contributed by atoms with Gasteiger partial charge in [-0.15, -0.1) is 0 Å². The van der Waals surface area contributed by atoms with Crippen molar-refractivity contribution in [2.75, 3.05) is 6.26 Å². The van der Waals surface area contributed by atoms with Crippen LogP contribution >= 0.6 is 24.0 Å². The molecule has 76 valence electrons. The predicted octanol–water partition coefficient (Wildman–Crippen LogP) is 3.67. The standard InChI is InChI=1S/C11H14OS2/c1-3-4-9-5-7-10(8-6-9)12-11(13)14-2/h5-8H,3-4H2,1-2H3. The van der Waals surface area contributed by atoms with Gasteiger partial charge in [-0.3, -0.25) is 0 Å². The average molecular weight is 226 g/mol. The van der Waals surface area contributed by atoms with Crippen LogP contribution in [-0.4, -0.2) is 10.6 Å². The Hall–Kier alpha value is -0.540. The van der Waals surface area contributed by atoms with E-state index in [1.165, 1.54) is 23.7 Å². The third kappa shape index (κ3) is 3.68. The number of hydrogen-bond acceptors (Lipinski definition) is 3. The van der Waals surface area contributed by atoms with Crippen LogP contribution in [0.1, 0.15) is 18.9 Å². The van der Waals surface area contributed by atoms with Crippen LogP contribution in [0.5, 0.6) is 5.75 Å². The van der Waals surface area contributed by atoms with Crippen LogP contribution in [0, 0.1) is 0 Å². The van der Waals surface area contributed by atoms with Gasteiger partial charge in [-0.05, 0) is 42.6 Å². The van der Waals surface area contributed by atoms with Crippen LogP contribution in [0.3, 0.4) is 0 Å². The van der Waals surface area contributed by atoms with Gasteiger partial charge in [-0.1, -0.05) is 37.2 Å². The number of ether oxygens (including phenoxy) is 1. The first-order chi connectivity index (χ1) is 6.76. The summed E-state index contributed by atoms with van der Waals surface area (Å²) in [5, 5.41) is 0. The summed E-state index contributed by atoms with van der Waals surface area (Å²) in [6.07, 6.45) is 4.20. The van der Waals surface area contributed by atoms with Gasteiger partial charge in [0.05, 0.1) is 0 Å². The molecule has 1 aromatic rings. The highest BCUT2D eigenvalue weighted by atomic mass is 32.2. The first-order valence-electron chi connectivity index (χ1n) is 4.61. The summed E-state index contributed by atoms with van der Waals surface area (Å²) < 4.78 is 5.95. The molecule has 0 radical (unpaired) electrons. The van der Waals surface area contributed by atoms with Crippen LogP contribution in [0.15, 0.2) is 24.3 Å². The van der Waals surface area contributed by atoms with Gasteiger partial charge in [0.1, 0.15) is 5.75 Å². The maximum absolute atomic E-state index is 5.39. The van der Waals surface area contributed by atoms with Crippen LogP contribution in [0.25, 0.3) is 0 Å². The number of hydrogen-bond donors (Lipinski definition) is 0. The van der Waals surface area contributed by atoms with Crippen molar-refractivity contribution in [3.05, 3.63) is 29.8 Å². The minimum atomic E-state index is 0.563. The Morgan fingerprint density at radius 1 is 1.36 bits per heavy atom. The van der Waals surface area contributed by atoms with Crippen molar-refractivity contribution >= 4 is 28.4 Å². The molecule has 0 aliphatic heterocycles. The van der Waals surface area contributed by atoms with Gasteiger partial charge >= 0.3 is 0 Å². The molecule has 0 atom stereocenters. The lowest BCUT2D eigenvalue weighted by molar-refractivity contribution is 0.579. The molecule has 1 rings (SSSR count). The third-order valence-corrected chi connectivity index (χ3v) is 2.83. The minimum absolute atomic E-state index is 0.563. The highest BCUT2D eigenvalue weighted by Gasteiger charge is 1.98. The summed E-state index contributed by atoms with van der Waals surface area (Å²) in [5.41, 5.74) is 1.34. The Morgan fingerprint density at radius 3 is 2.50 bits per heavy atom. The summed E-state index contributed by atoms with van der Waals surface area (Å²) in [4.78, 5) is 0. The first kappa shape index (κ1) is 11.5. The van der Waals surface area contributed by atoms with Crippen molar-refractivity contribution < 1.29 is 4.74 Å². The fraction of sp³-hybridized carbons (Fsp3) is 0.364. The maximum Gasteiger partial charge on any atom is 0.225 e. The molecule has 1 nitrogen and oxygen atoms in total. The molecule has 14 heavy (non-hydrogen) atoms. The number of benzene rings is 1. The highest BCUT2D eigenvalue weighted by molar-refractivity contribution is 8.22. The average Bonchev–Trinajstić information content (AvgIpc) is 2.21. The van der Waals surface area contributed by atoms with E-state index in [-0.39, 0.29) is 0 Å². The van der Waals surface area contributed by atoms with Gasteiger partial charge in [0.2, 0.25) is 4.38 Å². The molecule has 0 saturated carbocycles. The second-order valence-electron chi connectivity index (χ2n) is 2.95. The lowest BCUT2D eigenvalue weighted by Gasteiger charge is -2.05. The molecule has 3 heteroatoms. The Kier molecular flexibility index (Phi) is 4.98. The van der Waals surface area contributed by atoms with E-state index < -0.39 is 0 Å². The molecular formula is C11H14OS2. The van der Waals surface area contributed by atoms with Crippen molar-refractivity contribution in [3.63, 3.8) is 0 Å². The van der Waals surface area contributed by atoms with Crippen LogP contribution in [-0.2, 0) is 6.42 Å². The van der Waals surface area contributed by atoms with Gasteiger partial charge < -0.3 is 4.74 Å². The smallest absolute Gasteiger partial charge is 0.225 e. The van der Waals surface area contributed by atoms with Crippen molar-refractivity contribution in [2.24, 2.45) is 0 Å². The molecule has 0 aliphatic rings. The SMILES string of the molecule is CCCc1ccc(OC(=S)SC)cc1. The molecule has 0 unspecified atom stereocenters. The monoisotopic (exact) mass is 226 g/mol. The van der Waals surface area contributed by atoms with Crippen molar-refractivity contribution in [1.29, 1.82) is 0 Å². The molecule has 0 spiro atoms. The fourth-order valence-electron chi connectivity index (χ4n) is 1.15. The van der Waals surface area contributed by atoms with Crippen molar-refractivity contribution in [1.82, 2.24) is 0 Å². The summed E-state index contributed by atoms with van der Waals surface area (Å²) in [7, 11) is 0. The lowest BCUT2D eigenvalue weighted by atomic mass is 10.1. The van der Waals surface area contributed by atoms with E-state index >= 15 is 0 Å². The molecule has 0 aromatic heterocycles. The fourth-order valence-corrected chi connectivity index (χ4v) is 1.43. The number of aryl methyl sites for hydroxylation is 1. The zero-order valence-corrected chi connectivity index (χ0v) is 10.1. The van der Waals surface area contributed by atoms with Gasteiger partial charge in [0.15, 0.2) is 0 Å². The van der Waals surface area contributed by atoms with Crippen LogP contribution in [0.2, 0.25) is 0 Å². The topological polar surface area (TPSA) is 9.23 Å². The van der Waals surface area contributed by atoms with E-state index in [9.17, 15) is 0 Å². The molecule has 0 N–H and O–H groups in total. The van der Waals surface area contributed by atoms with Crippen LogP contribution < -0.4 is 4.74 Å². The van der Waals surface area contributed by atoms with E-state index in [0.717, 1.165) is 12.2 Å². The van der Waals surface area contributed by atoms with Gasteiger partial charge in [0.25, 0.3) is 0 Å². The Bertz CT molecular complexity index is 293. The Labute approximate surface area is 94.9 Å². The summed E-state index contributed by atoms with van der Waals surface area (Å²) in [5.74, 6) is 0.823. The summed E-state index contributed by atoms with van der Waals surface area (Å²) in [6, 6.07) is 8.10.